The highest BCUT2D eigenvalue weighted by molar-refractivity contribution is 5.88. The van der Waals surface area contributed by atoms with Crippen molar-refractivity contribution in [3.05, 3.63) is 29.7 Å². The fourth-order valence-corrected chi connectivity index (χ4v) is 3.27. The molecule has 28 heavy (non-hydrogen) atoms. The SMILES string of the molecule is CCOC(=O)c1cn2c(C)c(N3CCN(C(=O)OC(C)(C)C)CC3)ccc2n1. The van der Waals surface area contributed by atoms with E-state index in [2.05, 4.69) is 9.88 Å². The van der Waals surface area contributed by atoms with Crippen molar-refractivity contribution in [3.63, 3.8) is 0 Å². The lowest BCUT2D eigenvalue weighted by Crippen LogP contribution is -2.50. The number of fused-ring (bicyclic) bond motifs is 1. The molecule has 2 aromatic heterocycles. The van der Waals surface area contributed by atoms with Crippen molar-refractivity contribution in [1.29, 1.82) is 0 Å². The molecule has 0 spiro atoms. The predicted molar refractivity (Wildman–Crippen MR) is 106 cm³/mol. The van der Waals surface area contributed by atoms with Crippen LogP contribution in [-0.4, -0.2) is 64.7 Å². The molecule has 1 aliphatic rings. The molecule has 0 bridgehead atoms. The molecule has 1 fully saturated rings. The number of imidazole rings is 1. The lowest BCUT2D eigenvalue weighted by molar-refractivity contribution is 0.0240. The summed E-state index contributed by atoms with van der Waals surface area (Å²) < 4.78 is 12.4. The number of amides is 1. The fourth-order valence-electron chi connectivity index (χ4n) is 3.27. The Balaban J connectivity index is 1.73. The average molecular weight is 388 g/mol. The normalized spacial score (nSPS) is 15.0. The molecule has 1 amide bonds. The zero-order valence-electron chi connectivity index (χ0n) is 17.2. The van der Waals surface area contributed by atoms with Crippen LogP contribution in [0.15, 0.2) is 18.3 Å². The van der Waals surface area contributed by atoms with Gasteiger partial charge in [-0.3, -0.25) is 0 Å². The third-order valence-electron chi connectivity index (χ3n) is 4.61. The Kier molecular flexibility index (Phi) is 5.49. The highest BCUT2D eigenvalue weighted by Crippen LogP contribution is 2.24. The fraction of sp³-hybridized carbons (Fsp3) is 0.550. The van der Waals surface area contributed by atoms with E-state index in [-0.39, 0.29) is 6.09 Å². The molecular weight excluding hydrogens is 360 g/mol. The largest absolute Gasteiger partial charge is 0.461 e. The first-order chi connectivity index (χ1) is 13.2. The molecule has 3 heterocycles. The number of aryl methyl sites for hydroxylation is 1. The lowest BCUT2D eigenvalue weighted by atomic mass is 10.2. The van der Waals surface area contributed by atoms with Crippen molar-refractivity contribution in [2.75, 3.05) is 37.7 Å². The molecule has 0 radical (unpaired) electrons. The number of piperazine rings is 1. The number of nitrogens with zero attached hydrogens (tertiary/aromatic N) is 4. The summed E-state index contributed by atoms with van der Waals surface area (Å²) in [7, 11) is 0. The van der Waals surface area contributed by atoms with E-state index in [9.17, 15) is 9.59 Å². The van der Waals surface area contributed by atoms with Gasteiger partial charge < -0.3 is 23.7 Å². The zero-order chi connectivity index (χ0) is 20.5. The standard InChI is InChI=1S/C20H28N4O4/c1-6-27-18(25)15-13-24-14(2)16(7-8-17(24)21-15)22-9-11-23(12-10-22)19(26)28-20(3,4)5/h7-8,13H,6,9-12H2,1-5H3. The number of aromatic nitrogens is 2. The molecular formula is C20H28N4O4. The number of hydrogen-bond donors (Lipinski definition) is 0. The molecule has 1 aliphatic heterocycles. The van der Waals surface area contributed by atoms with Crippen molar-refractivity contribution < 1.29 is 19.1 Å². The first-order valence-corrected chi connectivity index (χ1v) is 9.58. The monoisotopic (exact) mass is 388 g/mol. The molecule has 2 aromatic rings. The summed E-state index contributed by atoms with van der Waals surface area (Å²) in [5.41, 5.74) is 2.57. The van der Waals surface area contributed by atoms with Crippen molar-refractivity contribution in [2.24, 2.45) is 0 Å². The number of ether oxygens (including phenoxy) is 2. The molecule has 0 aliphatic carbocycles. The van der Waals surface area contributed by atoms with Gasteiger partial charge in [-0.15, -0.1) is 0 Å². The van der Waals surface area contributed by atoms with Gasteiger partial charge in [0.05, 0.1) is 12.3 Å². The smallest absolute Gasteiger partial charge is 0.410 e. The number of carbonyl (C=O) groups excluding carboxylic acids is 2. The molecule has 3 rings (SSSR count). The summed E-state index contributed by atoms with van der Waals surface area (Å²) in [6, 6.07) is 3.90. The highest BCUT2D eigenvalue weighted by Gasteiger charge is 2.27. The summed E-state index contributed by atoms with van der Waals surface area (Å²) >= 11 is 0. The Morgan fingerprint density at radius 2 is 1.82 bits per heavy atom. The summed E-state index contributed by atoms with van der Waals surface area (Å²) in [4.78, 5) is 32.5. The average Bonchev–Trinajstić information content (AvgIpc) is 3.06. The number of esters is 1. The van der Waals surface area contributed by atoms with Crippen molar-refractivity contribution in [1.82, 2.24) is 14.3 Å². The predicted octanol–water partition coefficient (Wildman–Crippen LogP) is 2.88. The van der Waals surface area contributed by atoms with E-state index in [0.717, 1.165) is 11.4 Å². The van der Waals surface area contributed by atoms with E-state index in [4.69, 9.17) is 9.47 Å². The Morgan fingerprint density at radius 3 is 2.43 bits per heavy atom. The van der Waals surface area contributed by atoms with E-state index in [1.807, 2.05) is 44.2 Å². The molecule has 8 nitrogen and oxygen atoms in total. The minimum Gasteiger partial charge on any atom is -0.461 e. The minimum atomic E-state index is -0.492. The second kappa shape index (κ2) is 7.69. The van der Waals surface area contributed by atoms with E-state index in [0.29, 0.717) is 44.1 Å². The van der Waals surface area contributed by atoms with Crippen LogP contribution in [-0.2, 0) is 9.47 Å². The molecule has 0 aromatic carbocycles. The number of hydrogen-bond acceptors (Lipinski definition) is 6. The van der Waals surface area contributed by atoms with Gasteiger partial charge in [0.15, 0.2) is 5.69 Å². The number of pyridine rings is 1. The van der Waals surface area contributed by atoms with Gasteiger partial charge in [0.1, 0.15) is 11.2 Å². The van der Waals surface area contributed by atoms with Gasteiger partial charge in [0.2, 0.25) is 0 Å². The lowest BCUT2D eigenvalue weighted by Gasteiger charge is -2.37. The molecule has 0 unspecified atom stereocenters. The quantitative estimate of drug-likeness (QED) is 0.753. The van der Waals surface area contributed by atoms with E-state index in [1.165, 1.54) is 0 Å². The van der Waals surface area contributed by atoms with Crippen LogP contribution in [0.5, 0.6) is 0 Å². The van der Waals surface area contributed by atoms with E-state index >= 15 is 0 Å². The van der Waals surface area contributed by atoms with Gasteiger partial charge in [0, 0.05) is 38.1 Å². The van der Waals surface area contributed by atoms with Crippen molar-refractivity contribution in [3.8, 4) is 0 Å². The second-order valence-corrected chi connectivity index (χ2v) is 7.83. The van der Waals surface area contributed by atoms with Crippen LogP contribution in [0.3, 0.4) is 0 Å². The molecule has 8 heteroatoms. The Bertz CT molecular complexity index is 876. The third-order valence-corrected chi connectivity index (χ3v) is 4.61. The number of carbonyl (C=O) groups is 2. The number of anilines is 1. The maximum atomic E-state index is 12.2. The summed E-state index contributed by atoms with van der Waals surface area (Å²) in [5, 5.41) is 0. The summed E-state index contributed by atoms with van der Waals surface area (Å²) in [6.07, 6.45) is 1.44. The zero-order valence-corrected chi connectivity index (χ0v) is 17.2. The van der Waals surface area contributed by atoms with Gasteiger partial charge >= 0.3 is 12.1 Å². The highest BCUT2D eigenvalue weighted by atomic mass is 16.6. The topological polar surface area (TPSA) is 76.4 Å². The van der Waals surface area contributed by atoms with Crippen LogP contribution in [0.25, 0.3) is 5.65 Å². The molecule has 0 N–H and O–H groups in total. The maximum absolute atomic E-state index is 12.2. The van der Waals surface area contributed by atoms with Crippen molar-refractivity contribution >= 4 is 23.4 Å². The summed E-state index contributed by atoms with van der Waals surface area (Å²) in [6.45, 7) is 12.3. The van der Waals surface area contributed by atoms with Crippen LogP contribution >= 0.6 is 0 Å². The molecule has 0 saturated carbocycles. The first-order valence-electron chi connectivity index (χ1n) is 9.58. The van der Waals surface area contributed by atoms with Crippen LogP contribution in [0.4, 0.5) is 10.5 Å². The van der Waals surface area contributed by atoms with E-state index < -0.39 is 11.6 Å². The molecule has 1 saturated heterocycles. The van der Waals surface area contributed by atoms with Crippen molar-refractivity contribution in [2.45, 2.75) is 40.2 Å². The number of rotatable bonds is 3. The van der Waals surface area contributed by atoms with Crippen LogP contribution < -0.4 is 4.90 Å². The molecule has 0 atom stereocenters. The van der Waals surface area contributed by atoms with Gasteiger partial charge in [-0.2, -0.15) is 0 Å². The summed E-state index contributed by atoms with van der Waals surface area (Å²) in [5.74, 6) is -0.418. The van der Waals surface area contributed by atoms with Gasteiger partial charge in [0.25, 0.3) is 0 Å². The maximum Gasteiger partial charge on any atom is 0.410 e. The van der Waals surface area contributed by atoms with Crippen LogP contribution in [0, 0.1) is 6.92 Å². The van der Waals surface area contributed by atoms with Crippen LogP contribution in [0.1, 0.15) is 43.9 Å². The molecule has 152 valence electrons. The minimum absolute atomic E-state index is 0.270. The first kappa shape index (κ1) is 20.0. The van der Waals surface area contributed by atoms with Gasteiger partial charge in [-0.25, -0.2) is 14.6 Å². The Morgan fingerprint density at radius 1 is 1.14 bits per heavy atom. The Hall–Kier alpha value is -2.77. The van der Waals surface area contributed by atoms with E-state index in [1.54, 1.807) is 18.0 Å². The van der Waals surface area contributed by atoms with Gasteiger partial charge in [-0.1, -0.05) is 0 Å². The Labute approximate surface area is 165 Å². The van der Waals surface area contributed by atoms with Gasteiger partial charge in [-0.05, 0) is 46.8 Å². The third kappa shape index (κ3) is 4.21. The second-order valence-electron chi connectivity index (χ2n) is 7.83. The van der Waals surface area contributed by atoms with Crippen LogP contribution in [0.2, 0.25) is 0 Å².